The zero-order chi connectivity index (χ0) is 22.2. The number of amides is 1. The molecule has 1 aromatic heterocycles. The van der Waals surface area contributed by atoms with Crippen molar-refractivity contribution in [3.8, 4) is 0 Å². The molecule has 0 spiro atoms. The van der Waals surface area contributed by atoms with E-state index in [4.69, 9.17) is 4.98 Å². The predicted octanol–water partition coefficient (Wildman–Crippen LogP) is 5.16. The van der Waals surface area contributed by atoms with Crippen LogP contribution in [-0.4, -0.2) is 25.6 Å². The average molecular weight is 451 g/mol. The van der Waals surface area contributed by atoms with Crippen LogP contribution >= 0.6 is 11.3 Å². The molecule has 5 nitrogen and oxygen atoms in total. The Labute approximate surface area is 185 Å². The molecule has 0 aliphatic carbocycles. The summed E-state index contributed by atoms with van der Waals surface area (Å²) < 4.78 is 25.6. The maximum Gasteiger partial charge on any atom is 0.261 e. The van der Waals surface area contributed by atoms with Gasteiger partial charge in [-0.1, -0.05) is 59.9 Å². The van der Waals surface area contributed by atoms with Crippen LogP contribution in [0.25, 0.3) is 10.2 Å². The Bertz CT molecular complexity index is 1380. The molecule has 0 atom stereocenters. The van der Waals surface area contributed by atoms with Gasteiger partial charge in [-0.15, -0.1) is 0 Å². The summed E-state index contributed by atoms with van der Waals surface area (Å²) in [5, 5.41) is 0.542. The number of thiazole rings is 1. The molecule has 0 saturated heterocycles. The second-order valence-electron chi connectivity index (χ2n) is 7.57. The number of rotatable bonds is 5. The number of anilines is 1. The molecular weight excluding hydrogens is 428 g/mol. The molecule has 0 N–H and O–H groups in total. The summed E-state index contributed by atoms with van der Waals surface area (Å²) in [6.07, 6.45) is 1.12. The SMILES string of the molecule is Cc1cc(C)c2nc(N(Cc3ccccc3)C(=O)c3ccccc3S(C)(=O)=O)sc2c1. The molecule has 0 unspecified atom stereocenters. The van der Waals surface area contributed by atoms with Crippen LogP contribution in [0.1, 0.15) is 27.0 Å². The van der Waals surface area contributed by atoms with E-state index in [1.807, 2.05) is 44.2 Å². The van der Waals surface area contributed by atoms with Gasteiger partial charge in [0.1, 0.15) is 0 Å². The van der Waals surface area contributed by atoms with Crippen molar-refractivity contribution in [3.05, 3.63) is 89.0 Å². The van der Waals surface area contributed by atoms with E-state index in [0.29, 0.717) is 5.13 Å². The molecule has 0 aliphatic heterocycles. The van der Waals surface area contributed by atoms with Crippen LogP contribution in [0.4, 0.5) is 5.13 Å². The molecule has 0 fully saturated rings. The van der Waals surface area contributed by atoms with Crippen LogP contribution in [0.15, 0.2) is 71.6 Å². The van der Waals surface area contributed by atoms with E-state index in [1.54, 1.807) is 23.1 Å². The van der Waals surface area contributed by atoms with Crippen molar-refractivity contribution >= 4 is 42.4 Å². The molecule has 0 aliphatic rings. The highest BCUT2D eigenvalue weighted by Crippen LogP contribution is 2.33. The van der Waals surface area contributed by atoms with Gasteiger partial charge in [0, 0.05) is 6.26 Å². The monoisotopic (exact) mass is 450 g/mol. The van der Waals surface area contributed by atoms with E-state index < -0.39 is 15.7 Å². The van der Waals surface area contributed by atoms with Gasteiger partial charge in [-0.25, -0.2) is 13.4 Å². The van der Waals surface area contributed by atoms with Crippen LogP contribution in [0.2, 0.25) is 0 Å². The molecule has 3 aromatic carbocycles. The van der Waals surface area contributed by atoms with Gasteiger partial charge in [-0.05, 0) is 48.7 Å². The molecule has 31 heavy (non-hydrogen) atoms. The molecule has 158 valence electrons. The van der Waals surface area contributed by atoms with Gasteiger partial charge in [0.2, 0.25) is 0 Å². The van der Waals surface area contributed by atoms with Gasteiger partial charge in [0.15, 0.2) is 15.0 Å². The largest absolute Gasteiger partial charge is 0.279 e. The topological polar surface area (TPSA) is 67.3 Å². The van der Waals surface area contributed by atoms with E-state index in [1.165, 1.54) is 17.4 Å². The van der Waals surface area contributed by atoms with Crippen molar-refractivity contribution in [2.24, 2.45) is 0 Å². The number of benzene rings is 3. The highest BCUT2D eigenvalue weighted by molar-refractivity contribution is 7.90. The lowest BCUT2D eigenvalue weighted by molar-refractivity contribution is 0.0982. The number of aryl methyl sites for hydroxylation is 2. The normalized spacial score (nSPS) is 11.6. The van der Waals surface area contributed by atoms with Crippen molar-refractivity contribution in [2.75, 3.05) is 11.2 Å². The van der Waals surface area contributed by atoms with Crippen molar-refractivity contribution in [3.63, 3.8) is 0 Å². The Balaban J connectivity index is 1.87. The fourth-order valence-corrected chi connectivity index (χ4v) is 5.60. The van der Waals surface area contributed by atoms with E-state index in [9.17, 15) is 13.2 Å². The third-order valence-corrected chi connectivity index (χ3v) is 7.18. The first-order valence-corrected chi connectivity index (χ1v) is 12.5. The molecule has 7 heteroatoms. The lowest BCUT2D eigenvalue weighted by Crippen LogP contribution is -2.31. The number of hydrogen-bond donors (Lipinski definition) is 0. The minimum absolute atomic E-state index is 0.0196. The summed E-state index contributed by atoms with van der Waals surface area (Å²) in [6.45, 7) is 4.32. The van der Waals surface area contributed by atoms with E-state index >= 15 is 0 Å². The average Bonchev–Trinajstić information content (AvgIpc) is 3.16. The third kappa shape index (κ3) is 4.38. The minimum Gasteiger partial charge on any atom is -0.279 e. The van der Waals surface area contributed by atoms with E-state index in [0.717, 1.165) is 33.2 Å². The Morgan fingerprint density at radius 1 is 1.00 bits per heavy atom. The molecular formula is C24H22N2O3S2. The molecule has 1 amide bonds. The highest BCUT2D eigenvalue weighted by Gasteiger charge is 2.26. The standard InChI is InChI=1S/C24H22N2O3S2/c1-16-13-17(2)22-20(14-16)30-24(25-22)26(15-18-9-5-4-6-10-18)23(27)19-11-7-8-12-21(19)31(3,28)29/h4-14H,15H2,1-3H3. The maximum absolute atomic E-state index is 13.7. The van der Waals surface area contributed by atoms with Crippen LogP contribution in [-0.2, 0) is 16.4 Å². The van der Waals surface area contributed by atoms with Gasteiger partial charge in [0.25, 0.3) is 5.91 Å². The first-order chi connectivity index (χ1) is 14.7. The number of sulfone groups is 1. The van der Waals surface area contributed by atoms with Gasteiger partial charge in [-0.2, -0.15) is 0 Å². The molecule has 0 saturated carbocycles. The number of carbonyl (C=O) groups is 1. The summed E-state index contributed by atoms with van der Waals surface area (Å²) in [4.78, 5) is 20.0. The lowest BCUT2D eigenvalue weighted by Gasteiger charge is -2.21. The van der Waals surface area contributed by atoms with Gasteiger partial charge in [0.05, 0.1) is 27.2 Å². The van der Waals surface area contributed by atoms with E-state index in [2.05, 4.69) is 12.1 Å². The molecule has 1 heterocycles. The van der Waals surface area contributed by atoms with Crippen LogP contribution in [0.5, 0.6) is 0 Å². The Hall–Kier alpha value is -3.03. The number of aromatic nitrogens is 1. The summed E-state index contributed by atoms with van der Waals surface area (Å²) >= 11 is 1.43. The Morgan fingerprint density at radius 3 is 2.39 bits per heavy atom. The van der Waals surface area contributed by atoms with Crippen molar-refractivity contribution in [2.45, 2.75) is 25.3 Å². The number of nitrogens with zero attached hydrogens (tertiary/aromatic N) is 2. The molecule has 0 radical (unpaired) electrons. The minimum atomic E-state index is -3.57. The van der Waals surface area contributed by atoms with E-state index in [-0.39, 0.29) is 17.0 Å². The predicted molar refractivity (Wildman–Crippen MR) is 126 cm³/mol. The zero-order valence-electron chi connectivity index (χ0n) is 17.5. The van der Waals surface area contributed by atoms with Crippen LogP contribution < -0.4 is 4.90 Å². The van der Waals surface area contributed by atoms with Crippen LogP contribution in [0, 0.1) is 13.8 Å². The smallest absolute Gasteiger partial charge is 0.261 e. The fourth-order valence-electron chi connectivity index (χ4n) is 3.58. The molecule has 4 aromatic rings. The maximum atomic E-state index is 13.7. The summed E-state index contributed by atoms with van der Waals surface area (Å²) in [5.41, 5.74) is 4.10. The van der Waals surface area contributed by atoms with Crippen LogP contribution in [0.3, 0.4) is 0 Å². The van der Waals surface area contributed by atoms with Crippen molar-refractivity contribution in [1.29, 1.82) is 0 Å². The second kappa shape index (κ2) is 8.24. The van der Waals surface area contributed by atoms with Crippen molar-refractivity contribution in [1.82, 2.24) is 4.98 Å². The molecule has 0 bridgehead atoms. The first kappa shape index (κ1) is 21.2. The number of fused-ring (bicyclic) bond motifs is 1. The van der Waals surface area contributed by atoms with Gasteiger partial charge in [-0.3, -0.25) is 9.69 Å². The van der Waals surface area contributed by atoms with Gasteiger partial charge < -0.3 is 0 Å². The number of hydrogen-bond acceptors (Lipinski definition) is 5. The summed E-state index contributed by atoms with van der Waals surface area (Å²) in [6, 6.07) is 20.0. The Kier molecular flexibility index (Phi) is 5.64. The summed E-state index contributed by atoms with van der Waals surface area (Å²) in [5.74, 6) is -0.390. The fraction of sp³-hybridized carbons (Fsp3) is 0.167. The lowest BCUT2D eigenvalue weighted by atomic mass is 10.1. The Morgan fingerprint density at radius 2 is 1.68 bits per heavy atom. The van der Waals surface area contributed by atoms with Gasteiger partial charge >= 0.3 is 0 Å². The summed E-state index contributed by atoms with van der Waals surface area (Å²) in [7, 11) is -3.57. The molecule has 4 rings (SSSR count). The second-order valence-corrected chi connectivity index (χ2v) is 10.6. The zero-order valence-corrected chi connectivity index (χ0v) is 19.1. The third-order valence-electron chi connectivity index (χ3n) is 5.00. The quantitative estimate of drug-likeness (QED) is 0.421. The number of carbonyl (C=O) groups excluding carboxylic acids is 1. The first-order valence-electron chi connectivity index (χ1n) is 9.77. The van der Waals surface area contributed by atoms with Crippen molar-refractivity contribution < 1.29 is 13.2 Å². The highest BCUT2D eigenvalue weighted by atomic mass is 32.2.